The minimum absolute atomic E-state index is 0.237. The van der Waals surface area contributed by atoms with Crippen LogP contribution in [0.5, 0.6) is 5.75 Å². The van der Waals surface area contributed by atoms with Gasteiger partial charge in [0.1, 0.15) is 10.8 Å². The smallest absolute Gasteiger partial charge is 0.340 e. The van der Waals surface area contributed by atoms with Crippen molar-refractivity contribution in [2.45, 2.75) is 20.8 Å². The Morgan fingerprint density at radius 2 is 2.00 bits per heavy atom. The molecule has 0 atom stereocenters. The van der Waals surface area contributed by atoms with Gasteiger partial charge >= 0.3 is 5.97 Å². The second kappa shape index (κ2) is 6.87. The van der Waals surface area contributed by atoms with Crippen LogP contribution in [0.25, 0.3) is 5.69 Å². The number of rotatable bonds is 5. The topological polar surface area (TPSA) is 57.5 Å². The monoisotopic (exact) mass is 335 g/mol. The molecule has 122 valence electrons. The minimum Gasteiger partial charge on any atom is -0.495 e. The molecule has 1 aromatic heterocycles. The fourth-order valence-corrected chi connectivity index (χ4v) is 2.94. The van der Waals surface area contributed by atoms with E-state index in [4.69, 9.17) is 21.1 Å². The lowest BCUT2D eigenvalue weighted by Crippen LogP contribution is -2.08. The first-order chi connectivity index (χ1) is 11.0. The zero-order chi connectivity index (χ0) is 17.1. The molecule has 0 radical (unpaired) electrons. The van der Waals surface area contributed by atoms with Crippen molar-refractivity contribution >= 4 is 23.9 Å². The van der Waals surface area contributed by atoms with Crippen molar-refractivity contribution in [3.8, 4) is 11.4 Å². The summed E-state index contributed by atoms with van der Waals surface area (Å²) in [7, 11) is 1.53. The van der Waals surface area contributed by atoms with Crippen LogP contribution in [0.15, 0.2) is 18.2 Å². The number of hydrogen-bond donors (Lipinski definition) is 0. The van der Waals surface area contributed by atoms with Crippen molar-refractivity contribution < 1.29 is 19.1 Å². The molecule has 0 bridgehead atoms. The first-order valence-corrected chi connectivity index (χ1v) is 7.52. The summed E-state index contributed by atoms with van der Waals surface area (Å²) in [4.78, 5) is 23.7. The van der Waals surface area contributed by atoms with Crippen LogP contribution in [0.1, 0.15) is 39.0 Å². The van der Waals surface area contributed by atoms with Crippen molar-refractivity contribution in [2.75, 3.05) is 13.7 Å². The number of carbonyl (C=O) groups is 2. The number of nitrogens with zero attached hydrogens (tertiary/aromatic N) is 1. The predicted molar refractivity (Wildman–Crippen MR) is 88.1 cm³/mol. The number of methoxy groups -OCH3 is 1. The zero-order valence-electron chi connectivity index (χ0n) is 13.5. The number of ether oxygens (including phenoxy) is 2. The van der Waals surface area contributed by atoms with Crippen LogP contribution in [-0.2, 0) is 4.74 Å². The van der Waals surface area contributed by atoms with E-state index in [2.05, 4.69) is 0 Å². The number of halogens is 1. The van der Waals surface area contributed by atoms with Gasteiger partial charge in [-0.3, -0.25) is 4.79 Å². The van der Waals surface area contributed by atoms with Gasteiger partial charge in [-0.1, -0.05) is 17.7 Å². The van der Waals surface area contributed by atoms with Crippen LogP contribution in [-0.4, -0.2) is 30.5 Å². The average Bonchev–Trinajstić information content (AvgIpc) is 2.78. The Hall–Kier alpha value is -2.27. The molecule has 1 aromatic carbocycles. The van der Waals surface area contributed by atoms with E-state index in [-0.39, 0.29) is 12.2 Å². The molecule has 0 fully saturated rings. The van der Waals surface area contributed by atoms with Crippen molar-refractivity contribution in [2.24, 2.45) is 0 Å². The van der Waals surface area contributed by atoms with Gasteiger partial charge in [0.25, 0.3) is 0 Å². The van der Waals surface area contributed by atoms with Crippen LogP contribution >= 0.6 is 11.6 Å². The molecule has 2 aromatic rings. The summed E-state index contributed by atoms with van der Waals surface area (Å²) in [5.74, 6) is -0.00465. The highest BCUT2D eigenvalue weighted by molar-refractivity contribution is 6.34. The van der Waals surface area contributed by atoms with E-state index in [0.29, 0.717) is 39.7 Å². The Balaban J connectivity index is 2.75. The fourth-order valence-electron chi connectivity index (χ4n) is 2.66. The molecule has 0 unspecified atom stereocenters. The van der Waals surface area contributed by atoms with Crippen LogP contribution in [0.3, 0.4) is 0 Å². The van der Waals surface area contributed by atoms with Crippen molar-refractivity contribution in [1.29, 1.82) is 0 Å². The van der Waals surface area contributed by atoms with Crippen molar-refractivity contribution in [3.05, 3.63) is 45.7 Å². The minimum atomic E-state index is -0.520. The Kier molecular flexibility index (Phi) is 5.11. The van der Waals surface area contributed by atoms with E-state index in [1.807, 2.05) is 0 Å². The molecule has 2 rings (SSSR count). The lowest BCUT2D eigenvalue weighted by Gasteiger charge is -2.14. The van der Waals surface area contributed by atoms with Gasteiger partial charge in [-0.05, 0) is 32.9 Å². The second-order valence-electron chi connectivity index (χ2n) is 4.93. The Bertz CT molecular complexity index is 764. The molecule has 0 aliphatic carbocycles. The molecule has 5 nitrogen and oxygen atoms in total. The number of aldehydes is 1. The number of benzene rings is 1. The molecule has 0 saturated heterocycles. The Morgan fingerprint density at radius 3 is 2.57 bits per heavy atom. The molecule has 0 spiro atoms. The third-order valence-corrected chi connectivity index (χ3v) is 4.07. The number of aromatic nitrogens is 1. The van der Waals surface area contributed by atoms with Crippen molar-refractivity contribution in [1.82, 2.24) is 4.57 Å². The van der Waals surface area contributed by atoms with Gasteiger partial charge in [0.2, 0.25) is 0 Å². The van der Waals surface area contributed by atoms with Gasteiger partial charge in [-0.25, -0.2) is 4.79 Å². The summed E-state index contributed by atoms with van der Waals surface area (Å²) < 4.78 is 12.1. The second-order valence-corrected chi connectivity index (χ2v) is 5.30. The van der Waals surface area contributed by atoms with Gasteiger partial charge < -0.3 is 14.0 Å². The number of hydrogen-bond acceptors (Lipinski definition) is 4. The van der Waals surface area contributed by atoms with E-state index in [1.165, 1.54) is 7.11 Å². The quantitative estimate of drug-likeness (QED) is 0.617. The normalized spacial score (nSPS) is 10.5. The largest absolute Gasteiger partial charge is 0.495 e. The summed E-state index contributed by atoms with van der Waals surface area (Å²) in [5.41, 5.74) is 2.42. The third-order valence-electron chi connectivity index (χ3n) is 3.69. The van der Waals surface area contributed by atoms with E-state index in [1.54, 1.807) is 43.5 Å². The molecule has 0 saturated carbocycles. The lowest BCUT2D eigenvalue weighted by atomic mass is 10.1. The summed E-state index contributed by atoms with van der Waals surface area (Å²) in [6.07, 6.45) is 0.666. The summed E-state index contributed by atoms with van der Waals surface area (Å²) in [5, 5.41) is 0.407. The van der Waals surface area contributed by atoms with Crippen LogP contribution in [0.2, 0.25) is 5.02 Å². The van der Waals surface area contributed by atoms with Gasteiger partial charge in [-0.2, -0.15) is 0 Å². The molecular weight excluding hydrogens is 318 g/mol. The van der Waals surface area contributed by atoms with Gasteiger partial charge in [0.15, 0.2) is 6.29 Å². The maximum absolute atomic E-state index is 12.2. The summed E-state index contributed by atoms with van der Waals surface area (Å²) in [6, 6.07) is 5.34. The highest BCUT2D eigenvalue weighted by atomic mass is 35.5. The maximum Gasteiger partial charge on any atom is 0.340 e. The van der Waals surface area contributed by atoms with E-state index < -0.39 is 5.97 Å². The number of carbonyl (C=O) groups excluding carboxylic acids is 2. The van der Waals surface area contributed by atoms with Gasteiger partial charge in [0, 0.05) is 11.4 Å². The first-order valence-electron chi connectivity index (χ1n) is 7.14. The lowest BCUT2D eigenvalue weighted by molar-refractivity contribution is 0.0523. The van der Waals surface area contributed by atoms with Crippen molar-refractivity contribution in [3.63, 3.8) is 0 Å². The van der Waals surface area contributed by atoms with Gasteiger partial charge in [-0.15, -0.1) is 0 Å². The highest BCUT2D eigenvalue weighted by Crippen LogP contribution is 2.34. The van der Waals surface area contributed by atoms with Crippen LogP contribution in [0.4, 0.5) is 0 Å². The molecule has 0 N–H and O–H groups in total. The molecular formula is C17H18ClNO4. The molecule has 0 aliphatic rings. The Morgan fingerprint density at radius 1 is 1.30 bits per heavy atom. The van der Waals surface area contributed by atoms with Crippen LogP contribution in [0, 0.1) is 13.8 Å². The predicted octanol–water partition coefficient (Wildman–Crippen LogP) is 3.75. The highest BCUT2D eigenvalue weighted by Gasteiger charge is 2.25. The average molecular weight is 336 g/mol. The maximum atomic E-state index is 12.2. The molecule has 6 heteroatoms. The molecule has 1 heterocycles. The van der Waals surface area contributed by atoms with E-state index in [9.17, 15) is 9.59 Å². The Labute approximate surface area is 139 Å². The summed E-state index contributed by atoms with van der Waals surface area (Å²) in [6.45, 7) is 5.47. The van der Waals surface area contributed by atoms with Gasteiger partial charge in [0.05, 0.1) is 30.5 Å². The fraction of sp³-hybridized carbons (Fsp3) is 0.294. The zero-order valence-corrected chi connectivity index (χ0v) is 14.2. The van der Waals surface area contributed by atoms with E-state index in [0.717, 1.165) is 0 Å². The first kappa shape index (κ1) is 17.1. The third kappa shape index (κ3) is 2.84. The number of esters is 1. The SMILES string of the molecule is CCOC(=O)c1c(C=O)c(C)n(-c2cccc(OC)c2Cl)c1C. The molecule has 23 heavy (non-hydrogen) atoms. The molecule has 0 aliphatic heterocycles. The standard InChI is InChI=1S/C17H18ClNO4/c1-5-23-17(21)15-11(3)19(10(2)12(15)9-20)13-7-6-8-14(22-4)16(13)18/h6-9H,5H2,1-4H3. The summed E-state index contributed by atoms with van der Waals surface area (Å²) >= 11 is 6.38. The van der Waals surface area contributed by atoms with E-state index >= 15 is 0 Å². The van der Waals surface area contributed by atoms with Crippen LogP contribution < -0.4 is 4.74 Å². The molecule has 0 amide bonds.